The second kappa shape index (κ2) is 6.37. The third-order valence-electron chi connectivity index (χ3n) is 3.24. The minimum atomic E-state index is -0.411. The fourth-order valence-electron chi connectivity index (χ4n) is 2.04. The van der Waals surface area contributed by atoms with Gasteiger partial charge in [-0.2, -0.15) is 0 Å². The van der Waals surface area contributed by atoms with Crippen molar-refractivity contribution in [1.82, 2.24) is 0 Å². The van der Waals surface area contributed by atoms with Crippen molar-refractivity contribution in [1.29, 1.82) is 0 Å². The van der Waals surface area contributed by atoms with E-state index in [1.807, 2.05) is 32.0 Å². The first-order chi connectivity index (χ1) is 9.97. The van der Waals surface area contributed by atoms with E-state index in [2.05, 4.69) is 0 Å². The Balaban J connectivity index is 2.09. The SMILES string of the molecule is Cc1cc([C@@H](C)N)ccc1OCc1cccc([N+](=O)[O-])c1. The number of non-ortho nitro benzene ring substituents is 1. The Bertz CT molecular complexity index is 654. The standard InChI is InChI=1S/C16H18N2O3/c1-11-8-14(12(2)17)6-7-16(11)21-10-13-4-3-5-15(9-13)18(19)20/h3-9,12H,10,17H2,1-2H3/t12-/m1/s1. The molecule has 5 nitrogen and oxygen atoms in total. The normalized spacial score (nSPS) is 12.0. The molecule has 0 aliphatic carbocycles. The Hall–Kier alpha value is -2.40. The van der Waals surface area contributed by atoms with Gasteiger partial charge in [0.1, 0.15) is 12.4 Å². The van der Waals surface area contributed by atoms with Crippen LogP contribution >= 0.6 is 0 Å². The van der Waals surface area contributed by atoms with Gasteiger partial charge in [0, 0.05) is 18.2 Å². The molecule has 0 amide bonds. The first-order valence-electron chi connectivity index (χ1n) is 6.69. The van der Waals surface area contributed by atoms with E-state index >= 15 is 0 Å². The molecule has 0 spiro atoms. The zero-order valence-corrected chi connectivity index (χ0v) is 12.1. The molecule has 21 heavy (non-hydrogen) atoms. The Labute approximate surface area is 123 Å². The molecule has 0 unspecified atom stereocenters. The second-order valence-corrected chi connectivity index (χ2v) is 5.03. The van der Waals surface area contributed by atoms with Crippen molar-refractivity contribution in [3.8, 4) is 5.75 Å². The third kappa shape index (κ3) is 3.79. The summed E-state index contributed by atoms with van der Waals surface area (Å²) in [5.41, 5.74) is 8.72. The van der Waals surface area contributed by atoms with E-state index in [1.165, 1.54) is 12.1 Å². The smallest absolute Gasteiger partial charge is 0.269 e. The Morgan fingerprint density at radius 2 is 2.05 bits per heavy atom. The van der Waals surface area contributed by atoms with Crippen LogP contribution in [0.4, 0.5) is 5.69 Å². The number of nitro benzene ring substituents is 1. The number of hydrogen-bond donors (Lipinski definition) is 1. The highest BCUT2D eigenvalue weighted by Crippen LogP contribution is 2.23. The number of hydrogen-bond acceptors (Lipinski definition) is 4. The summed E-state index contributed by atoms with van der Waals surface area (Å²) in [5.74, 6) is 0.755. The molecule has 2 rings (SSSR count). The summed E-state index contributed by atoms with van der Waals surface area (Å²) in [4.78, 5) is 10.3. The lowest BCUT2D eigenvalue weighted by molar-refractivity contribution is -0.384. The molecule has 0 aliphatic heterocycles. The number of nitrogens with two attached hydrogens (primary N) is 1. The van der Waals surface area contributed by atoms with Crippen molar-refractivity contribution in [2.75, 3.05) is 0 Å². The average molecular weight is 286 g/mol. The summed E-state index contributed by atoms with van der Waals surface area (Å²) in [5, 5.41) is 10.7. The number of aryl methyl sites for hydroxylation is 1. The van der Waals surface area contributed by atoms with Crippen LogP contribution < -0.4 is 10.5 Å². The maximum Gasteiger partial charge on any atom is 0.269 e. The van der Waals surface area contributed by atoms with Crippen molar-refractivity contribution in [3.05, 3.63) is 69.3 Å². The highest BCUT2D eigenvalue weighted by Gasteiger charge is 2.08. The maximum absolute atomic E-state index is 10.7. The quantitative estimate of drug-likeness (QED) is 0.674. The summed E-state index contributed by atoms with van der Waals surface area (Å²) in [6.45, 7) is 4.17. The molecule has 0 fully saturated rings. The molecule has 5 heteroatoms. The molecule has 0 radical (unpaired) electrons. The maximum atomic E-state index is 10.7. The Morgan fingerprint density at radius 3 is 2.67 bits per heavy atom. The average Bonchev–Trinajstić information content (AvgIpc) is 2.46. The van der Waals surface area contributed by atoms with Crippen molar-refractivity contribution < 1.29 is 9.66 Å². The van der Waals surface area contributed by atoms with Crippen LogP contribution in [-0.2, 0) is 6.61 Å². The fourth-order valence-corrected chi connectivity index (χ4v) is 2.04. The van der Waals surface area contributed by atoms with Crippen LogP contribution in [0.5, 0.6) is 5.75 Å². The minimum Gasteiger partial charge on any atom is -0.489 e. The van der Waals surface area contributed by atoms with Gasteiger partial charge in [0.2, 0.25) is 0 Å². The van der Waals surface area contributed by atoms with Crippen LogP contribution in [0.3, 0.4) is 0 Å². The monoisotopic (exact) mass is 286 g/mol. The predicted molar refractivity (Wildman–Crippen MR) is 81.2 cm³/mol. The van der Waals surface area contributed by atoms with Gasteiger partial charge in [-0.05, 0) is 36.6 Å². The van der Waals surface area contributed by atoms with Gasteiger partial charge in [-0.15, -0.1) is 0 Å². The van der Waals surface area contributed by atoms with Crippen LogP contribution in [0.1, 0.15) is 29.7 Å². The second-order valence-electron chi connectivity index (χ2n) is 5.03. The van der Waals surface area contributed by atoms with Crippen LogP contribution in [0, 0.1) is 17.0 Å². The first kappa shape index (κ1) is 15.0. The molecule has 0 heterocycles. The van der Waals surface area contributed by atoms with Gasteiger partial charge in [-0.25, -0.2) is 0 Å². The lowest BCUT2D eigenvalue weighted by atomic mass is 10.1. The van der Waals surface area contributed by atoms with Gasteiger partial charge in [-0.3, -0.25) is 10.1 Å². The van der Waals surface area contributed by atoms with E-state index in [4.69, 9.17) is 10.5 Å². The van der Waals surface area contributed by atoms with Crippen LogP contribution in [0.25, 0.3) is 0 Å². The van der Waals surface area contributed by atoms with Gasteiger partial charge >= 0.3 is 0 Å². The first-order valence-corrected chi connectivity index (χ1v) is 6.69. The van der Waals surface area contributed by atoms with Gasteiger partial charge in [-0.1, -0.05) is 24.3 Å². The summed E-state index contributed by atoms with van der Waals surface area (Å²) in [6, 6.07) is 12.2. The Kier molecular flexibility index (Phi) is 4.55. The molecule has 0 saturated heterocycles. The van der Waals surface area contributed by atoms with Crippen LogP contribution in [0.2, 0.25) is 0 Å². The molecule has 2 N–H and O–H groups in total. The number of benzene rings is 2. The third-order valence-corrected chi connectivity index (χ3v) is 3.24. The van der Waals surface area contributed by atoms with Crippen molar-refractivity contribution >= 4 is 5.69 Å². The largest absolute Gasteiger partial charge is 0.489 e. The molecule has 0 saturated carbocycles. The molecular weight excluding hydrogens is 268 g/mol. The summed E-state index contributed by atoms with van der Waals surface area (Å²) >= 11 is 0. The molecule has 1 atom stereocenters. The van der Waals surface area contributed by atoms with Crippen LogP contribution in [0.15, 0.2) is 42.5 Å². The van der Waals surface area contributed by atoms with E-state index in [0.717, 1.165) is 22.4 Å². The van der Waals surface area contributed by atoms with Gasteiger partial charge in [0.15, 0.2) is 0 Å². The molecule has 2 aromatic carbocycles. The molecular formula is C16H18N2O3. The van der Waals surface area contributed by atoms with E-state index in [1.54, 1.807) is 12.1 Å². The molecule has 0 aliphatic rings. The molecule has 0 bridgehead atoms. The van der Waals surface area contributed by atoms with E-state index < -0.39 is 4.92 Å². The zero-order chi connectivity index (χ0) is 15.4. The number of rotatable bonds is 5. The molecule has 2 aromatic rings. The highest BCUT2D eigenvalue weighted by molar-refractivity contribution is 5.38. The van der Waals surface area contributed by atoms with Crippen molar-refractivity contribution in [3.63, 3.8) is 0 Å². The minimum absolute atomic E-state index is 0.0190. The lowest BCUT2D eigenvalue weighted by Gasteiger charge is -2.12. The zero-order valence-electron chi connectivity index (χ0n) is 12.1. The molecule has 0 aromatic heterocycles. The summed E-state index contributed by atoms with van der Waals surface area (Å²) < 4.78 is 5.73. The van der Waals surface area contributed by atoms with E-state index in [0.29, 0.717) is 6.61 Å². The van der Waals surface area contributed by atoms with E-state index in [9.17, 15) is 10.1 Å². The molecule has 110 valence electrons. The van der Waals surface area contributed by atoms with Gasteiger partial charge in [0.05, 0.1) is 4.92 Å². The summed E-state index contributed by atoms with van der Waals surface area (Å²) in [7, 11) is 0. The Morgan fingerprint density at radius 1 is 1.29 bits per heavy atom. The number of nitrogens with zero attached hydrogens (tertiary/aromatic N) is 1. The van der Waals surface area contributed by atoms with Crippen LogP contribution in [-0.4, -0.2) is 4.92 Å². The number of nitro groups is 1. The van der Waals surface area contributed by atoms with Gasteiger partial charge in [0.25, 0.3) is 5.69 Å². The lowest BCUT2D eigenvalue weighted by Crippen LogP contribution is -2.05. The van der Waals surface area contributed by atoms with E-state index in [-0.39, 0.29) is 11.7 Å². The van der Waals surface area contributed by atoms with Crippen molar-refractivity contribution in [2.45, 2.75) is 26.5 Å². The summed E-state index contributed by atoms with van der Waals surface area (Å²) in [6.07, 6.45) is 0. The topological polar surface area (TPSA) is 78.4 Å². The van der Waals surface area contributed by atoms with Gasteiger partial charge < -0.3 is 10.5 Å². The highest BCUT2D eigenvalue weighted by atomic mass is 16.6. The fraction of sp³-hybridized carbons (Fsp3) is 0.250. The van der Waals surface area contributed by atoms with Crippen molar-refractivity contribution in [2.24, 2.45) is 5.73 Å². The number of ether oxygens (including phenoxy) is 1. The predicted octanol–water partition coefficient (Wildman–Crippen LogP) is 3.50.